The summed E-state index contributed by atoms with van der Waals surface area (Å²) >= 11 is 0. The molecule has 1 heterocycles. The van der Waals surface area contributed by atoms with Gasteiger partial charge < -0.3 is 15.7 Å². The molecule has 0 spiro atoms. The van der Waals surface area contributed by atoms with Crippen LogP contribution in [-0.4, -0.2) is 45.5 Å². The van der Waals surface area contributed by atoms with Crippen LogP contribution in [0.4, 0.5) is 0 Å². The van der Waals surface area contributed by atoms with E-state index >= 15 is 0 Å². The first-order valence-electron chi connectivity index (χ1n) is 11.9. The molecule has 8 heteroatoms. The molecule has 0 amide bonds. The summed E-state index contributed by atoms with van der Waals surface area (Å²) in [5.41, 5.74) is 4.72. The van der Waals surface area contributed by atoms with E-state index in [9.17, 15) is 5.11 Å². The summed E-state index contributed by atoms with van der Waals surface area (Å²) in [7, 11) is 0. The lowest BCUT2D eigenvalue weighted by atomic mass is 9.98. The Morgan fingerprint density at radius 3 is 2.53 bits per heavy atom. The zero-order valence-corrected chi connectivity index (χ0v) is 22.5. The van der Waals surface area contributed by atoms with Gasteiger partial charge in [-0.2, -0.15) is 5.10 Å². The van der Waals surface area contributed by atoms with Gasteiger partial charge in [-0.1, -0.05) is 61.9 Å². The van der Waals surface area contributed by atoms with E-state index in [1.807, 2.05) is 4.68 Å². The van der Waals surface area contributed by atoms with Crippen molar-refractivity contribution in [2.24, 2.45) is 10.9 Å². The Morgan fingerprint density at radius 2 is 1.85 bits per heavy atom. The van der Waals surface area contributed by atoms with Gasteiger partial charge in [0.2, 0.25) is 0 Å². The summed E-state index contributed by atoms with van der Waals surface area (Å²) in [6.45, 7) is 7.40. The number of rotatable bonds is 12. The van der Waals surface area contributed by atoms with Crippen LogP contribution in [0.1, 0.15) is 44.2 Å². The monoisotopic (exact) mass is 576 g/mol. The highest BCUT2D eigenvalue weighted by Crippen LogP contribution is 2.25. The third kappa shape index (κ3) is 8.72. The van der Waals surface area contributed by atoms with E-state index in [-0.39, 0.29) is 30.6 Å². The molecule has 0 radical (unpaired) electrons. The summed E-state index contributed by atoms with van der Waals surface area (Å²) in [5, 5.41) is 20.3. The molecule has 0 fully saturated rings. The van der Waals surface area contributed by atoms with E-state index in [1.54, 1.807) is 12.7 Å². The first-order chi connectivity index (χ1) is 16.2. The number of nitrogens with zero attached hydrogens (tertiary/aromatic N) is 4. The average Bonchev–Trinajstić information content (AvgIpc) is 3.35. The molecule has 3 aromatic rings. The number of benzene rings is 2. The maximum absolute atomic E-state index is 9.32. The minimum Gasteiger partial charge on any atom is -0.396 e. The molecule has 1 atom stereocenters. The van der Waals surface area contributed by atoms with Gasteiger partial charge in [0.15, 0.2) is 5.96 Å². The predicted molar refractivity (Wildman–Crippen MR) is 149 cm³/mol. The quantitative estimate of drug-likeness (QED) is 0.168. The molecule has 2 aromatic carbocycles. The molecule has 34 heavy (non-hydrogen) atoms. The largest absolute Gasteiger partial charge is 0.396 e. The van der Waals surface area contributed by atoms with Crippen LogP contribution in [0.5, 0.6) is 0 Å². The highest BCUT2D eigenvalue weighted by Gasteiger charge is 2.09. The first kappa shape index (κ1) is 27.8. The summed E-state index contributed by atoms with van der Waals surface area (Å²) in [4.78, 5) is 8.84. The van der Waals surface area contributed by atoms with Crippen molar-refractivity contribution in [2.75, 3.05) is 19.7 Å². The van der Waals surface area contributed by atoms with E-state index in [0.29, 0.717) is 19.0 Å². The first-order valence-corrected chi connectivity index (χ1v) is 11.9. The second-order valence-electron chi connectivity index (χ2n) is 8.19. The van der Waals surface area contributed by atoms with Gasteiger partial charge in [0.25, 0.3) is 0 Å². The summed E-state index contributed by atoms with van der Waals surface area (Å²) in [6.07, 6.45) is 6.31. The van der Waals surface area contributed by atoms with E-state index in [0.717, 1.165) is 38.3 Å². The van der Waals surface area contributed by atoms with Crippen molar-refractivity contribution in [1.82, 2.24) is 25.4 Å². The Labute approximate surface area is 220 Å². The molecule has 7 nitrogen and oxygen atoms in total. The fourth-order valence-electron chi connectivity index (χ4n) is 3.92. The van der Waals surface area contributed by atoms with E-state index in [2.05, 4.69) is 83.1 Å². The van der Waals surface area contributed by atoms with Crippen LogP contribution in [0.25, 0.3) is 11.1 Å². The Bertz CT molecular complexity index is 969. The average molecular weight is 577 g/mol. The summed E-state index contributed by atoms with van der Waals surface area (Å²) in [6, 6.07) is 17.0. The number of aromatic nitrogens is 3. The van der Waals surface area contributed by atoms with Gasteiger partial charge in [-0.05, 0) is 47.9 Å². The minimum absolute atomic E-state index is 0. The van der Waals surface area contributed by atoms with Crippen LogP contribution in [0.2, 0.25) is 0 Å². The molecule has 184 valence electrons. The van der Waals surface area contributed by atoms with Crippen LogP contribution in [0.3, 0.4) is 0 Å². The van der Waals surface area contributed by atoms with Gasteiger partial charge in [0, 0.05) is 19.7 Å². The summed E-state index contributed by atoms with van der Waals surface area (Å²) < 4.78 is 1.82. The Hall–Kier alpha value is -2.46. The fourth-order valence-corrected chi connectivity index (χ4v) is 3.92. The number of halogens is 1. The Morgan fingerprint density at radius 1 is 1.06 bits per heavy atom. The standard InChI is InChI=1S/C26H36N6O.HI/c1-3-7-21(14-15-33)16-29-26(28-4-2)30-17-24-8-5-6-9-25(24)23-12-10-22(11-13-23)18-32-20-27-19-31-32;/h5-6,8-13,19-21,33H,3-4,7,14-18H2,1-2H3,(H2,28,29,30);1H. The lowest BCUT2D eigenvalue weighted by Gasteiger charge is -2.18. The van der Waals surface area contributed by atoms with Gasteiger partial charge in [0.1, 0.15) is 12.7 Å². The van der Waals surface area contributed by atoms with Crippen LogP contribution in [-0.2, 0) is 13.1 Å². The molecule has 0 saturated carbocycles. The third-order valence-corrected chi connectivity index (χ3v) is 5.64. The highest BCUT2D eigenvalue weighted by molar-refractivity contribution is 14.0. The zero-order chi connectivity index (χ0) is 23.3. The van der Waals surface area contributed by atoms with Crippen molar-refractivity contribution in [3.8, 4) is 11.1 Å². The number of aliphatic hydroxyl groups is 1. The van der Waals surface area contributed by atoms with Crippen LogP contribution < -0.4 is 10.6 Å². The molecule has 1 aromatic heterocycles. The Balaban J connectivity index is 0.00000408. The van der Waals surface area contributed by atoms with E-state index in [4.69, 9.17) is 4.99 Å². The second kappa shape index (κ2) is 15.4. The number of aliphatic imine (C=N–C) groups is 1. The number of aliphatic hydroxyl groups excluding tert-OH is 1. The van der Waals surface area contributed by atoms with E-state index < -0.39 is 0 Å². The summed E-state index contributed by atoms with van der Waals surface area (Å²) in [5.74, 6) is 1.27. The van der Waals surface area contributed by atoms with E-state index in [1.165, 1.54) is 22.3 Å². The molecule has 1 unspecified atom stereocenters. The highest BCUT2D eigenvalue weighted by atomic mass is 127. The van der Waals surface area contributed by atoms with Gasteiger partial charge >= 0.3 is 0 Å². The van der Waals surface area contributed by atoms with Crippen LogP contribution in [0.15, 0.2) is 66.2 Å². The van der Waals surface area contributed by atoms with Crippen molar-refractivity contribution >= 4 is 29.9 Å². The molecule has 3 N–H and O–H groups in total. The predicted octanol–water partition coefficient (Wildman–Crippen LogP) is 4.47. The smallest absolute Gasteiger partial charge is 0.191 e. The molecule has 0 aliphatic rings. The van der Waals surface area contributed by atoms with Crippen molar-refractivity contribution in [2.45, 2.75) is 46.2 Å². The number of hydrogen-bond acceptors (Lipinski definition) is 4. The fraction of sp³-hybridized carbons (Fsp3) is 0.423. The third-order valence-electron chi connectivity index (χ3n) is 5.64. The van der Waals surface area contributed by atoms with Gasteiger partial charge in [-0.3, -0.25) is 0 Å². The van der Waals surface area contributed by atoms with Crippen molar-refractivity contribution in [3.05, 3.63) is 72.3 Å². The number of hydrogen-bond donors (Lipinski definition) is 3. The lowest BCUT2D eigenvalue weighted by Crippen LogP contribution is -2.40. The molecule has 0 saturated heterocycles. The molecular weight excluding hydrogens is 539 g/mol. The van der Waals surface area contributed by atoms with Gasteiger partial charge in [-0.15, -0.1) is 24.0 Å². The Kier molecular flexibility index (Phi) is 12.6. The SMILES string of the molecule is CCCC(CCO)CNC(=NCc1ccccc1-c1ccc(Cn2cncn2)cc1)NCC.I. The van der Waals surface area contributed by atoms with Crippen molar-refractivity contribution < 1.29 is 5.11 Å². The van der Waals surface area contributed by atoms with Crippen LogP contribution in [0, 0.1) is 5.92 Å². The minimum atomic E-state index is 0. The maximum Gasteiger partial charge on any atom is 0.191 e. The topological polar surface area (TPSA) is 87.4 Å². The van der Waals surface area contributed by atoms with Crippen molar-refractivity contribution in [3.63, 3.8) is 0 Å². The molecule has 0 aliphatic carbocycles. The molecular formula is C26H37IN6O. The number of guanidine groups is 1. The molecule has 0 aliphatic heterocycles. The second-order valence-corrected chi connectivity index (χ2v) is 8.19. The maximum atomic E-state index is 9.32. The van der Waals surface area contributed by atoms with Gasteiger partial charge in [-0.25, -0.2) is 14.7 Å². The molecule has 0 bridgehead atoms. The molecule has 3 rings (SSSR count). The van der Waals surface area contributed by atoms with Crippen LogP contribution >= 0.6 is 24.0 Å². The van der Waals surface area contributed by atoms with Gasteiger partial charge in [0.05, 0.1) is 13.1 Å². The lowest BCUT2D eigenvalue weighted by molar-refractivity contribution is 0.251. The number of nitrogens with one attached hydrogen (secondary N) is 2. The zero-order valence-electron chi connectivity index (χ0n) is 20.2. The normalized spacial score (nSPS) is 12.1. The van der Waals surface area contributed by atoms with Crippen molar-refractivity contribution in [1.29, 1.82) is 0 Å².